The van der Waals surface area contributed by atoms with Gasteiger partial charge in [-0.15, -0.1) is 0 Å². The summed E-state index contributed by atoms with van der Waals surface area (Å²) in [5.41, 5.74) is 9.17. The number of piperidine rings is 2. The number of benzene rings is 2. The Balaban J connectivity index is 0.000000170. The number of nitrogens with one attached hydrogen (secondary N) is 4. The highest BCUT2D eigenvalue weighted by atomic mass is 35.5. The second-order valence-corrected chi connectivity index (χ2v) is 19.6. The molecule has 2 fully saturated rings. The Morgan fingerprint density at radius 2 is 0.956 bits per heavy atom. The van der Waals surface area contributed by atoms with Crippen LogP contribution in [-0.4, -0.2) is 102 Å². The third-order valence-corrected chi connectivity index (χ3v) is 13.1. The summed E-state index contributed by atoms with van der Waals surface area (Å²) in [5, 5.41) is 7.88. The van der Waals surface area contributed by atoms with Gasteiger partial charge in [-0.2, -0.15) is 0 Å². The van der Waals surface area contributed by atoms with Crippen molar-refractivity contribution in [3.8, 4) is 45.3 Å². The number of imidazole rings is 2. The van der Waals surface area contributed by atoms with E-state index in [0.717, 1.165) is 109 Å². The Morgan fingerprint density at radius 3 is 1.37 bits per heavy atom. The lowest BCUT2D eigenvalue weighted by Gasteiger charge is -2.35. The van der Waals surface area contributed by atoms with Gasteiger partial charge in [-0.25, -0.2) is 28.7 Å². The molecule has 6 aromatic heterocycles. The normalized spacial score (nSPS) is 18.9. The number of hydrogen-bond donors (Lipinski definition) is 4. The van der Waals surface area contributed by atoms with Gasteiger partial charge in [0.05, 0.1) is 81.3 Å². The van der Waals surface area contributed by atoms with E-state index in [2.05, 4.69) is 78.0 Å². The van der Waals surface area contributed by atoms with Crippen LogP contribution in [0.25, 0.3) is 67.4 Å². The first kappa shape index (κ1) is 47.0. The van der Waals surface area contributed by atoms with Crippen LogP contribution in [0.15, 0.2) is 97.8 Å². The highest BCUT2D eigenvalue weighted by molar-refractivity contribution is 6.31. The van der Waals surface area contributed by atoms with E-state index in [0.29, 0.717) is 55.3 Å². The standard InChI is InChI=1S/2C26H28ClFN6/c2*1-16-9-17(2)14-34(13-16)8-7-29-19-11-24-22(30-12-19)5-6-23(33-24)26-25(31-15-32-26)20-10-18(27)3-4-21(20)28/h2*3-6,10-12,15-17,29H,7-9,13-14H2,1-2H3,(H,31,32)/t2*16-,17+. The predicted molar refractivity (Wildman–Crippen MR) is 271 cm³/mol. The van der Waals surface area contributed by atoms with Gasteiger partial charge in [0.1, 0.15) is 23.0 Å². The van der Waals surface area contributed by atoms with Gasteiger partial charge in [0.15, 0.2) is 0 Å². The quantitative estimate of drug-likeness (QED) is 0.0936. The number of aromatic nitrogens is 8. The summed E-state index contributed by atoms with van der Waals surface area (Å²) in [6, 6.07) is 20.4. The fourth-order valence-electron chi connectivity index (χ4n) is 9.90. The molecule has 0 amide bonds. The van der Waals surface area contributed by atoms with Crippen LogP contribution in [0.4, 0.5) is 20.2 Å². The van der Waals surface area contributed by atoms with E-state index in [-0.39, 0.29) is 11.6 Å². The number of rotatable bonds is 12. The highest BCUT2D eigenvalue weighted by Crippen LogP contribution is 2.34. The summed E-state index contributed by atoms with van der Waals surface area (Å²) in [6.07, 6.45) is 9.39. The molecule has 4 atom stereocenters. The number of likely N-dealkylation sites (tertiary alicyclic amines) is 2. The second-order valence-electron chi connectivity index (χ2n) is 18.7. The zero-order chi connectivity index (χ0) is 47.3. The molecule has 68 heavy (non-hydrogen) atoms. The van der Waals surface area contributed by atoms with Crippen LogP contribution in [-0.2, 0) is 0 Å². The Kier molecular flexibility index (Phi) is 14.6. The minimum absolute atomic E-state index is 0.334. The number of pyridine rings is 4. The Labute approximate surface area is 405 Å². The van der Waals surface area contributed by atoms with Crippen LogP contribution in [0.3, 0.4) is 0 Å². The molecule has 8 heterocycles. The summed E-state index contributed by atoms with van der Waals surface area (Å²) >= 11 is 12.2. The molecular formula is C52H56Cl2F2N12. The fourth-order valence-corrected chi connectivity index (χ4v) is 10.2. The smallest absolute Gasteiger partial charge is 0.132 e. The molecule has 2 aliphatic heterocycles. The van der Waals surface area contributed by atoms with Gasteiger partial charge in [0, 0.05) is 73.5 Å². The molecular weight excluding hydrogens is 902 g/mol. The van der Waals surface area contributed by atoms with E-state index >= 15 is 0 Å². The zero-order valence-electron chi connectivity index (χ0n) is 38.7. The van der Waals surface area contributed by atoms with E-state index in [1.807, 2.05) is 48.8 Å². The van der Waals surface area contributed by atoms with Crippen molar-refractivity contribution < 1.29 is 8.78 Å². The van der Waals surface area contributed by atoms with Crippen molar-refractivity contribution in [1.82, 2.24) is 49.7 Å². The highest BCUT2D eigenvalue weighted by Gasteiger charge is 2.23. The van der Waals surface area contributed by atoms with E-state index < -0.39 is 0 Å². The van der Waals surface area contributed by atoms with Crippen LogP contribution < -0.4 is 10.6 Å². The maximum atomic E-state index is 14.5. The van der Waals surface area contributed by atoms with Crippen LogP contribution in [0.5, 0.6) is 0 Å². The molecule has 10 rings (SSSR count). The van der Waals surface area contributed by atoms with Gasteiger partial charge in [0.2, 0.25) is 0 Å². The Hall–Kier alpha value is -6.06. The lowest BCUT2D eigenvalue weighted by Crippen LogP contribution is -2.41. The first-order valence-electron chi connectivity index (χ1n) is 23.4. The average molecular weight is 958 g/mol. The molecule has 0 unspecified atom stereocenters. The molecule has 8 aromatic rings. The molecule has 352 valence electrons. The van der Waals surface area contributed by atoms with Crippen molar-refractivity contribution in [2.45, 2.75) is 40.5 Å². The topological polar surface area (TPSA) is 139 Å². The van der Waals surface area contributed by atoms with Gasteiger partial charge in [-0.1, -0.05) is 50.9 Å². The predicted octanol–water partition coefficient (Wildman–Crippen LogP) is 11.7. The first-order valence-corrected chi connectivity index (χ1v) is 24.1. The number of fused-ring (bicyclic) bond motifs is 2. The number of nitrogens with zero attached hydrogens (tertiary/aromatic N) is 8. The SMILES string of the molecule is C[C@@H]1C[C@H](C)CN(CCNc2cnc3ccc(-c4[nH]cnc4-c4cc(Cl)ccc4F)nc3c2)C1.C[C@@H]1C[C@H](C)CN(CCNc2cnc3ccc(-c4[nH]cnc4-c4cc(Cl)ccc4F)nc3c2)C1. The summed E-state index contributed by atoms with van der Waals surface area (Å²) in [4.78, 5) is 38.6. The third kappa shape index (κ3) is 11.3. The number of halogens is 4. The maximum Gasteiger partial charge on any atom is 0.132 e. The van der Waals surface area contributed by atoms with Gasteiger partial charge in [0.25, 0.3) is 0 Å². The molecule has 0 saturated carbocycles. The number of hydrogen-bond acceptors (Lipinski definition) is 10. The maximum absolute atomic E-state index is 14.5. The first-order chi connectivity index (χ1) is 32.9. The minimum Gasteiger partial charge on any atom is -0.382 e. The molecule has 2 aromatic carbocycles. The molecule has 16 heteroatoms. The van der Waals surface area contributed by atoms with E-state index in [9.17, 15) is 8.78 Å². The molecule has 0 spiro atoms. The third-order valence-electron chi connectivity index (χ3n) is 12.6. The summed E-state index contributed by atoms with van der Waals surface area (Å²) in [7, 11) is 0. The molecule has 12 nitrogen and oxygen atoms in total. The minimum atomic E-state index is -0.385. The number of aromatic amines is 2. The Bertz CT molecular complexity index is 2790. The molecule has 0 aliphatic carbocycles. The average Bonchev–Trinajstić information content (AvgIpc) is 4.01. The van der Waals surface area contributed by atoms with E-state index in [4.69, 9.17) is 33.2 Å². The van der Waals surface area contributed by atoms with Crippen LogP contribution >= 0.6 is 23.2 Å². The molecule has 4 N–H and O–H groups in total. The van der Waals surface area contributed by atoms with Crippen molar-refractivity contribution in [3.63, 3.8) is 0 Å². The van der Waals surface area contributed by atoms with Crippen molar-refractivity contribution in [2.24, 2.45) is 23.7 Å². The van der Waals surface area contributed by atoms with Gasteiger partial charge in [-0.3, -0.25) is 9.97 Å². The molecule has 2 saturated heterocycles. The molecule has 0 radical (unpaired) electrons. The van der Waals surface area contributed by atoms with Crippen molar-refractivity contribution in [2.75, 3.05) is 63.0 Å². The van der Waals surface area contributed by atoms with Crippen LogP contribution in [0, 0.1) is 35.3 Å². The van der Waals surface area contributed by atoms with Crippen molar-refractivity contribution >= 4 is 56.6 Å². The van der Waals surface area contributed by atoms with Crippen LogP contribution in [0.1, 0.15) is 40.5 Å². The number of H-pyrrole nitrogens is 2. The van der Waals surface area contributed by atoms with E-state index in [1.54, 1.807) is 12.1 Å². The molecule has 2 aliphatic rings. The van der Waals surface area contributed by atoms with Crippen LogP contribution in [0.2, 0.25) is 10.0 Å². The summed E-state index contributed by atoms with van der Waals surface area (Å²) in [6.45, 7) is 17.7. The van der Waals surface area contributed by atoms with Gasteiger partial charge in [-0.05, 0) is 109 Å². The lowest BCUT2D eigenvalue weighted by molar-refractivity contribution is 0.146. The zero-order valence-corrected chi connectivity index (χ0v) is 40.2. The monoisotopic (exact) mass is 956 g/mol. The lowest BCUT2D eigenvalue weighted by atomic mass is 9.92. The Morgan fingerprint density at radius 1 is 0.544 bits per heavy atom. The van der Waals surface area contributed by atoms with E-state index in [1.165, 1.54) is 49.8 Å². The summed E-state index contributed by atoms with van der Waals surface area (Å²) in [5.74, 6) is 2.24. The second kappa shape index (κ2) is 21.1. The van der Waals surface area contributed by atoms with Gasteiger partial charge >= 0.3 is 0 Å². The van der Waals surface area contributed by atoms with Crippen molar-refractivity contribution in [1.29, 1.82) is 0 Å². The largest absolute Gasteiger partial charge is 0.382 e. The number of anilines is 2. The molecule has 0 bridgehead atoms. The van der Waals surface area contributed by atoms with Gasteiger partial charge < -0.3 is 30.4 Å². The summed E-state index contributed by atoms with van der Waals surface area (Å²) < 4.78 is 29.0. The fraction of sp³-hybridized carbons (Fsp3) is 0.346. The van der Waals surface area contributed by atoms with Crippen molar-refractivity contribution in [3.05, 3.63) is 120 Å².